The number of hydrogen-bond acceptors (Lipinski definition) is 5. The first kappa shape index (κ1) is 22.2. The molecule has 3 aromatic carbocycles. The molecule has 162 valence electrons. The molecule has 0 atom stereocenters. The Labute approximate surface area is 182 Å². The van der Waals surface area contributed by atoms with Crippen molar-refractivity contribution in [2.24, 2.45) is 0 Å². The van der Waals surface area contributed by atoms with E-state index in [1.165, 1.54) is 30.6 Å². The maximum absolute atomic E-state index is 13.0. The summed E-state index contributed by atoms with van der Waals surface area (Å²) < 4.78 is 37.7. The van der Waals surface area contributed by atoms with Crippen LogP contribution in [0.2, 0.25) is 0 Å². The van der Waals surface area contributed by atoms with E-state index >= 15 is 0 Å². The van der Waals surface area contributed by atoms with Gasteiger partial charge in [-0.15, -0.1) is 0 Å². The Bertz CT molecular complexity index is 1160. The van der Waals surface area contributed by atoms with Gasteiger partial charge < -0.3 is 14.8 Å². The molecule has 0 bridgehead atoms. The Morgan fingerprint density at radius 3 is 2.35 bits per heavy atom. The van der Waals surface area contributed by atoms with E-state index < -0.39 is 10.0 Å². The van der Waals surface area contributed by atoms with Crippen LogP contribution in [0.1, 0.15) is 5.56 Å². The highest BCUT2D eigenvalue weighted by Crippen LogP contribution is 2.26. The first-order chi connectivity index (χ1) is 14.8. The molecule has 0 saturated carbocycles. The number of amides is 1. The Hall–Kier alpha value is -3.52. The lowest BCUT2D eigenvalue weighted by Gasteiger charge is -2.20. The largest absolute Gasteiger partial charge is 0.497 e. The minimum absolute atomic E-state index is 0.0636. The number of nitrogens with one attached hydrogen (secondary N) is 1. The minimum atomic E-state index is -3.78. The molecule has 0 aliphatic carbocycles. The Kier molecular flexibility index (Phi) is 6.81. The summed E-state index contributed by atoms with van der Waals surface area (Å²) in [7, 11) is 0.787. The van der Waals surface area contributed by atoms with Crippen LogP contribution in [-0.2, 0) is 21.2 Å². The van der Waals surface area contributed by atoms with Gasteiger partial charge >= 0.3 is 0 Å². The molecule has 0 heterocycles. The van der Waals surface area contributed by atoms with Crippen LogP contribution in [0.15, 0.2) is 77.7 Å². The van der Waals surface area contributed by atoms with Gasteiger partial charge in [0.15, 0.2) is 0 Å². The molecule has 0 spiro atoms. The fourth-order valence-corrected chi connectivity index (χ4v) is 4.29. The van der Waals surface area contributed by atoms with Crippen LogP contribution in [0.3, 0.4) is 0 Å². The number of carbonyl (C=O) groups excluding carboxylic acids is 1. The lowest BCUT2D eigenvalue weighted by Crippen LogP contribution is -2.26. The molecular formula is C23H24N2O5S. The first-order valence-electron chi connectivity index (χ1n) is 9.50. The Balaban J connectivity index is 1.77. The molecular weight excluding hydrogens is 416 g/mol. The second-order valence-electron chi connectivity index (χ2n) is 6.74. The second kappa shape index (κ2) is 9.53. The van der Waals surface area contributed by atoms with Crippen molar-refractivity contribution in [1.29, 1.82) is 0 Å². The highest BCUT2D eigenvalue weighted by atomic mass is 32.2. The van der Waals surface area contributed by atoms with Gasteiger partial charge in [-0.2, -0.15) is 0 Å². The molecule has 3 aromatic rings. The topological polar surface area (TPSA) is 84.9 Å². The van der Waals surface area contributed by atoms with E-state index in [1.54, 1.807) is 61.7 Å². The lowest BCUT2D eigenvalue weighted by atomic mass is 10.1. The van der Waals surface area contributed by atoms with Gasteiger partial charge in [-0.25, -0.2) is 8.42 Å². The molecule has 1 N–H and O–H groups in total. The third-order valence-corrected chi connectivity index (χ3v) is 6.52. The zero-order valence-corrected chi connectivity index (χ0v) is 18.3. The minimum Gasteiger partial charge on any atom is -0.497 e. The molecule has 3 rings (SSSR count). The fraction of sp³-hybridized carbons (Fsp3) is 0.174. The highest BCUT2D eigenvalue weighted by Gasteiger charge is 2.21. The number of nitrogens with zero attached hydrogens (tertiary/aromatic N) is 1. The van der Waals surface area contributed by atoms with Crippen LogP contribution in [0, 0.1) is 0 Å². The van der Waals surface area contributed by atoms with Gasteiger partial charge in [0.05, 0.1) is 31.2 Å². The number of para-hydroxylation sites is 1. The van der Waals surface area contributed by atoms with Crippen molar-refractivity contribution < 1.29 is 22.7 Å². The summed E-state index contributed by atoms with van der Waals surface area (Å²) in [4.78, 5) is 12.6. The molecule has 7 nitrogen and oxygen atoms in total. The summed E-state index contributed by atoms with van der Waals surface area (Å²) in [5.74, 6) is 0.867. The number of anilines is 2. The van der Waals surface area contributed by atoms with Crippen LogP contribution in [-0.4, -0.2) is 35.6 Å². The monoisotopic (exact) mass is 440 g/mol. The lowest BCUT2D eigenvalue weighted by molar-refractivity contribution is -0.115. The summed E-state index contributed by atoms with van der Waals surface area (Å²) in [6.45, 7) is 0. The summed E-state index contributed by atoms with van der Waals surface area (Å²) >= 11 is 0. The van der Waals surface area contributed by atoms with Crippen LogP contribution < -0.4 is 19.1 Å². The third-order valence-electron chi connectivity index (χ3n) is 4.74. The van der Waals surface area contributed by atoms with Gasteiger partial charge in [-0.3, -0.25) is 9.10 Å². The van der Waals surface area contributed by atoms with E-state index in [0.717, 1.165) is 0 Å². The number of benzene rings is 3. The van der Waals surface area contributed by atoms with Gasteiger partial charge in [0, 0.05) is 24.4 Å². The molecule has 0 unspecified atom stereocenters. The standard InChI is InChI=1S/C23H24N2O5S/c1-25(19-9-5-4-6-10-19)31(27,28)21-11-7-8-18(15-21)24-23(26)14-17-12-13-20(29-2)16-22(17)30-3/h4-13,15-16H,14H2,1-3H3,(H,24,26). The van der Waals surface area contributed by atoms with Crippen molar-refractivity contribution in [1.82, 2.24) is 0 Å². The highest BCUT2D eigenvalue weighted by molar-refractivity contribution is 7.92. The average molecular weight is 441 g/mol. The maximum atomic E-state index is 13.0. The van der Waals surface area contributed by atoms with Gasteiger partial charge in [0.1, 0.15) is 11.5 Å². The Morgan fingerprint density at radius 2 is 1.68 bits per heavy atom. The van der Waals surface area contributed by atoms with E-state index in [0.29, 0.717) is 28.4 Å². The third kappa shape index (κ3) is 5.16. The zero-order chi connectivity index (χ0) is 22.4. The first-order valence-corrected chi connectivity index (χ1v) is 10.9. The Morgan fingerprint density at radius 1 is 0.935 bits per heavy atom. The maximum Gasteiger partial charge on any atom is 0.264 e. The number of hydrogen-bond donors (Lipinski definition) is 1. The number of carbonyl (C=O) groups is 1. The number of rotatable bonds is 8. The fourth-order valence-electron chi connectivity index (χ4n) is 3.05. The average Bonchev–Trinajstić information content (AvgIpc) is 2.79. The number of sulfonamides is 1. The van der Waals surface area contributed by atoms with Crippen molar-refractivity contribution in [2.75, 3.05) is 30.9 Å². The molecule has 0 aliphatic rings. The molecule has 8 heteroatoms. The quantitative estimate of drug-likeness (QED) is 0.577. The molecule has 0 radical (unpaired) electrons. The molecule has 0 saturated heterocycles. The number of methoxy groups -OCH3 is 2. The smallest absolute Gasteiger partial charge is 0.264 e. The van der Waals surface area contributed by atoms with E-state index in [4.69, 9.17) is 9.47 Å². The SMILES string of the molecule is COc1ccc(CC(=O)Nc2cccc(S(=O)(=O)N(C)c3ccccc3)c2)c(OC)c1. The van der Waals surface area contributed by atoms with Crippen molar-refractivity contribution >= 4 is 27.3 Å². The van der Waals surface area contributed by atoms with Gasteiger partial charge in [-0.1, -0.05) is 30.3 Å². The predicted molar refractivity (Wildman–Crippen MR) is 120 cm³/mol. The summed E-state index contributed by atoms with van der Waals surface area (Å²) in [5.41, 5.74) is 1.62. The van der Waals surface area contributed by atoms with Gasteiger partial charge in [0.2, 0.25) is 5.91 Å². The van der Waals surface area contributed by atoms with E-state index in [-0.39, 0.29) is 17.2 Å². The second-order valence-corrected chi connectivity index (χ2v) is 8.71. The van der Waals surface area contributed by atoms with Crippen LogP contribution in [0.4, 0.5) is 11.4 Å². The molecule has 0 aliphatic heterocycles. The zero-order valence-electron chi connectivity index (χ0n) is 17.5. The van der Waals surface area contributed by atoms with Crippen molar-refractivity contribution in [3.63, 3.8) is 0 Å². The van der Waals surface area contributed by atoms with Gasteiger partial charge in [-0.05, 0) is 36.4 Å². The molecule has 31 heavy (non-hydrogen) atoms. The molecule has 0 fully saturated rings. The summed E-state index contributed by atoms with van der Waals surface area (Å²) in [6.07, 6.45) is 0.0636. The van der Waals surface area contributed by atoms with Crippen LogP contribution >= 0.6 is 0 Å². The van der Waals surface area contributed by atoms with Crippen LogP contribution in [0.25, 0.3) is 0 Å². The van der Waals surface area contributed by atoms with E-state index in [2.05, 4.69) is 5.32 Å². The van der Waals surface area contributed by atoms with Crippen LogP contribution in [0.5, 0.6) is 11.5 Å². The molecule has 0 aromatic heterocycles. The van der Waals surface area contributed by atoms with Crippen molar-refractivity contribution in [2.45, 2.75) is 11.3 Å². The summed E-state index contributed by atoms with van der Waals surface area (Å²) in [5, 5.41) is 2.75. The normalized spacial score (nSPS) is 10.9. The van der Waals surface area contributed by atoms with E-state index in [9.17, 15) is 13.2 Å². The van der Waals surface area contributed by atoms with Gasteiger partial charge in [0.25, 0.3) is 10.0 Å². The van der Waals surface area contributed by atoms with E-state index in [1.807, 2.05) is 6.07 Å². The predicted octanol–water partition coefficient (Wildman–Crippen LogP) is 3.71. The number of ether oxygens (including phenoxy) is 2. The van der Waals surface area contributed by atoms with Crippen molar-refractivity contribution in [3.05, 3.63) is 78.4 Å². The molecule has 1 amide bonds. The van der Waals surface area contributed by atoms with Crippen molar-refractivity contribution in [3.8, 4) is 11.5 Å². The summed E-state index contributed by atoms with van der Waals surface area (Å²) in [6, 6.07) is 20.2.